The van der Waals surface area contributed by atoms with Crippen LogP contribution in [0.4, 0.5) is 0 Å². The molecule has 1 spiro atoms. The van der Waals surface area contributed by atoms with Gasteiger partial charge in [0.2, 0.25) is 0 Å². The quantitative estimate of drug-likeness (QED) is 0.557. The van der Waals surface area contributed by atoms with E-state index in [1.807, 2.05) is 12.3 Å². The summed E-state index contributed by atoms with van der Waals surface area (Å²) in [5.74, 6) is 0. The Kier molecular flexibility index (Phi) is 5.05. The van der Waals surface area contributed by atoms with Crippen LogP contribution < -0.4 is 0 Å². The van der Waals surface area contributed by atoms with Gasteiger partial charge in [0.15, 0.2) is 0 Å². The predicted octanol–water partition coefficient (Wildman–Crippen LogP) is 5.31. The smallest absolute Gasteiger partial charge is 0.100 e. The molecule has 1 aliphatic carbocycles. The van der Waals surface area contributed by atoms with Crippen molar-refractivity contribution in [1.29, 1.82) is 5.26 Å². The summed E-state index contributed by atoms with van der Waals surface area (Å²) in [7, 11) is 0. The molecule has 0 bridgehead atoms. The van der Waals surface area contributed by atoms with Gasteiger partial charge in [-0.2, -0.15) is 5.26 Å². The van der Waals surface area contributed by atoms with Crippen molar-refractivity contribution in [3.05, 3.63) is 76.5 Å². The number of aromatic nitrogens is 1. The number of hydrogen-bond acceptors (Lipinski definition) is 4. The molecule has 0 amide bonds. The molecule has 0 saturated carbocycles. The van der Waals surface area contributed by atoms with Crippen molar-refractivity contribution in [2.75, 3.05) is 26.3 Å². The lowest BCUT2D eigenvalue weighted by molar-refractivity contribution is -0.191. The van der Waals surface area contributed by atoms with Crippen LogP contribution in [0.5, 0.6) is 0 Å². The molecular weight excluding hydrogens is 406 g/mol. The number of aryl methyl sites for hydroxylation is 3. The van der Waals surface area contributed by atoms with Gasteiger partial charge < -0.3 is 4.74 Å². The maximum atomic E-state index is 10.1. The monoisotopic (exact) mass is 435 g/mol. The average molecular weight is 436 g/mol. The molecule has 4 nitrogen and oxygen atoms in total. The molecule has 6 rings (SSSR count). The van der Waals surface area contributed by atoms with E-state index in [4.69, 9.17) is 9.72 Å². The normalized spacial score (nSPS) is 18.8. The van der Waals surface area contributed by atoms with Gasteiger partial charge in [-0.1, -0.05) is 42.5 Å². The number of nitriles is 1. The highest BCUT2D eigenvalue weighted by Gasteiger charge is 2.48. The number of rotatable bonds is 4. The molecule has 3 heterocycles. The van der Waals surface area contributed by atoms with Crippen LogP contribution in [0.15, 0.2) is 48.7 Å². The molecule has 0 radical (unpaired) electrons. The van der Waals surface area contributed by atoms with E-state index in [0.29, 0.717) is 11.0 Å². The van der Waals surface area contributed by atoms with E-state index in [-0.39, 0.29) is 0 Å². The van der Waals surface area contributed by atoms with Gasteiger partial charge in [0.05, 0.1) is 24.5 Å². The number of hydrogen-bond donors (Lipinski definition) is 0. The van der Waals surface area contributed by atoms with Gasteiger partial charge in [0.25, 0.3) is 0 Å². The maximum Gasteiger partial charge on any atom is 0.100 e. The first-order valence-corrected chi connectivity index (χ1v) is 12.1. The Labute approximate surface area is 195 Å². The van der Waals surface area contributed by atoms with Crippen molar-refractivity contribution in [3.63, 3.8) is 0 Å². The van der Waals surface area contributed by atoms with Crippen LogP contribution >= 0.6 is 0 Å². The van der Waals surface area contributed by atoms with E-state index in [0.717, 1.165) is 67.2 Å². The highest BCUT2D eigenvalue weighted by Crippen LogP contribution is 2.39. The van der Waals surface area contributed by atoms with Crippen LogP contribution in [-0.4, -0.2) is 36.2 Å². The molecule has 2 aromatic carbocycles. The summed E-state index contributed by atoms with van der Waals surface area (Å²) in [6.45, 7) is 7.10. The van der Waals surface area contributed by atoms with Crippen LogP contribution in [-0.2, 0) is 24.1 Å². The highest BCUT2D eigenvalue weighted by atomic mass is 16.5. The van der Waals surface area contributed by atoms with Crippen LogP contribution in [0.2, 0.25) is 0 Å². The summed E-state index contributed by atoms with van der Waals surface area (Å²) in [6.07, 6.45) is 6.82. The number of likely N-dealkylation sites (tertiary alicyclic amines) is 1. The third-order valence-corrected chi connectivity index (χ3v) is 7.57. The molecule has 3 aliphatic rings. The van der Waals surface area contributed by atoms with Gasteiger partial charge >= 0.3 is 0 Å². The minimum Gasteiger partial charge on any atom is -0.380 e. The topological polar surface area (TPSA) is 49.1 Å². The third kappa shape index (κ3) is 3.66. The van der Waals surface area contributed by atoms with Gasteiger partial charge in [-0.05, 0) is 60.4 Å². The second-order valence-corrected chi connectivity index (χ2v) is 10.2. The van der Waals surface area contributed by atoms with E-state index >= 15 is 0 Å². The minimum atomic E-state index is 0.432. The van der Waals surface area contributed by atoms with Gasteiger partial charge in [-0.3, -0.25) is 9.88 Å². The molecule has 2 saturated heterocycles. The number of benzene rings is 2. The molecule has 0 atom stereocenters. The molecule has 3 aromatic rings. The van der Waals surface area contributed by atoms with Crippen molar-refractivity contribution >= 4 is 0 Å². The van der Waals surface area contributed by atoms with Gasteiger partial charge in [0.1, 0.15) is 6.07 Å². The van der Waals surface area contributed by atoms with Crippen molar-refractivity contribution in [2.24, 2.45) is 5.41 Å². The number of pyridine rings is 1. The summed E-state index contributed by atoms with van der Waals surface area (Å²) in [6, 6.07) is 17.6. The van der Waals surface area contributed by atoms with Crippen LogP contribution in [0.3, 0.4) is 0 Å². The third-order valence-electron chi connectivity index (χ3n) is 7.57. The summed E-state index contributed by atoms with van der Waals surface area (Å²) in [5.41, 5.74) is 10.4. The Morgan fingerprint density at radius 2 is 1.82 bits per heavy atom. The lowest BCUT2D eigenvalue weighted by Gasteiger charge is -2.55. The van der Waals surface area contributed by atoms with Gasteiger partial charge in [-0.15, -0.1) is 0 Å². The fourth-order valence-corrected chi connectivity index (χ4v) is 5.86. The number of fused-ring (bicyclic) bond motifs is 1. The van der Waals surface area contributed by atoms with Crippen LogP contribution in [0.25, 0.3) is 22.4 Å². The molecule has 33 heavy (non-hydrogen) atoms. The van der Waals surface area contributed by atoms with E-state index in [1.165, 1.54) is 36.0 Å². The van der Waals surface area contributed by atoms with Crippen LogP contribution in [0.1, 0.15) is 40.7 Å². The number of ether oxygens (including phenoxy) is 1. The molecule has 0 N–H and O–H groups in total. The second-order valence-electron chi connectivity index (χ2n) is 10.2. The zero-order valence-corrected chi connectivity index (χ0v) is 19.2. The predicted molar refractivity (Wildman–Crippen MR) is 130 cm³/mol. The molecule has 1 aromatic heterocycles. The van der Waals surface area contributed by atoms with Crippen molar-refractivity contribution in [2.45, 2.75) is 39.2 Å². The molecule has 166 valence electrons. The lowest BCUT2D eigenvalue weighted by Crippen LogP contribution is -2.65. The van der Waals surface area contributed by atoms with Crippen molar-refractivity contribution in [1.82, 2.24) is 9.88 Å². The van der Waals surface area contributed by atoms with Crippen LogP contribution in [0, 0.1) is 23.7 Å². The molecule has 2 fully saturated rings. The fourth-order valence-electron chi connectivity index (χ4n) is 5.86. The Bertz CT molecular complexity index is 1260. The zero-order chi connectivity index (χ0) is 22.4. The Morgan fingerprint density at radius 1 is 1.03 bits per heavy atom. The first kappa shape index (κ1) is 20.6. The summed E-state index contributed by atoms with van der Waals surface area (Å²) in [5, 5.41) is 10.1. The van der Waals surface area contributed by atoms with Crippen molar-refractivity contribution < 1.29 is 4.74 Å². The zero-order valence-electron chi connectivity index (χ0n) is 19.2. The average Bonchev–Trinajstić information content (AvgIpc) is 2.79. The summed E-state index contributed by atoms with van der Waals surface area (Å²) < 4.78 is 5.39. The molecule has 2 aliphatic heterocycles. The minimum absolute atomic E-state index is 0.432. The highest BCUT2D eigenvalue weighted by molar-refractivity contribution is 5.82. The summed E-state index contributed by atoms with van der Waals surface area (Å²) >= 11 is 0. The second kappa shape index (κ2) is 8.09. The molecule has 4 heteroatoms. The molecular formula is C29H29N3O. The first-order valence-electron chi connectivity index (χ1n) is 12.1. The van der Waals surface area contributed by atoms with E-state index in [9.17, 15) is 5.26 Å². The lowest BCUT2D eigenvalue weighted by atomic mass is 9.78. The van der Waals surface area contributed by atoms with E-state index in [1.54, 1.807) is 0 Å². The van der Waals surface area contributed by atoms with Gasteiger partial charge in [-0.25, -0.2) is 0 Å². The Hall–Kier alpha value is -3.00. The van der Waals surface area contributed by atoms with E-state index in [2.05, 4.69) is 54.3 Å². The SMILES string of the molecule is Cc1cc(CN2CC3(COC3)C2)cnc1-c1cccc(-c2ccc3c(c2)CCCC3)c1C#N. The Balaban J connectivity index is 1.29. The molecule has 0 unspecified atom stereocenters. The Morgan fingerprint density at radius 3 is 2.55 bits per heavy atom. The van der Waals surface area contributed by atoms with Gasteiger partial charge in [0, 0.05) is 42.4 Å². The van der Waals surface area contributed by atoms with E-state index < -0.39 is 0 Å². The standard InChI is InChI=1S/C29H29N3O/c1-20-11-21(15-32-16-29(17-32)18-33-19-29)14-31-28(20)26-8-4-7-25(27(26)13-30)24-10-9-22-5-2-3-6-23(22)12-24/h4,7-12,14H,2-3,5-6,15-19H2,1H3. The summed E-state index contributed by atoms with van der Waals surface area (Å²) in [4.78, 5) is 7.31. The maximum absolute atomic E-state index is 10.1. The fraction of sp³-hybridized carbons (Fsp3) is 0.379. The number of nitrogens with zero attached hydrogens (tertiary/aromatic N) is 3. The largest absolute Gasteiger partial charge is 0.380 e. The first-order chi connectivity index (χ1) is 16.1. The van der Waals surface area contributed by atoms with Crippen molar-refractivity contribution in [3.8, 4) is 28.5 Å².